The molecular formula is C20H28NO2P. The van der Waals surface area contributed by atoms with Crippen LogP contribution in [0, 0.1) is 6.92 Å². The zero-order chi connectivity index (χ0) is 17.7. The molecule has 0 saturated heterocycles. The Morgan fingerprint density at radius 2 is 1.92 bits per heavy atom. The third-order valence-electron chi connectivity index (χ3n) is 4.65. The van der Waals surface area contributed by atoms with E-state index in [4.69, 9.17) is 4.74 Å². The van der Waals surface area contributed by atoms with Crippen LogP contribution in [0.1, 0.15) is 37.0 Å². The van der Waals surface area contributed by atoms with Gasteiger partial charge in [0.15, 0.2) is 11.5 Å². The number of phenols is 1. The summed E-state index contributed by atoms with van der Waals surface area (Å²) in [6.45, 7) is 7.44. The molecule has 24 heavy (non-hydrogen) atoms. The summed E-state index contributed by atoms with van der Waals surface area (Å²) >= 11 is 0. The first-order chi connectivity index (χ1) is 11.5. The maximum absolute atomic E-state index is 10.6. The summed E-state index contributed by atoms with van der Waals surface area (Å²) < 4.78 is 5.30. The summed E-state index contributed by atoms with van der Waals surface area (Å²) in [5.41, 5.74) is 3.60. The van der Waals surface area contributed by atoms with E-state index in [1.165, 1.54) is 16.4 Å². The summed E-state index contributed by atoms with van der Waals surface area (Å²) in [5.74, 6) is 0.804. The first-order valence-electron chi connectivity index (χ1n) is 8.34. The summed E-state index contributed by atoms with van der Waals surface area (Å²) in [6.07, 6.45) is 0.944. The van der Waals surface area contributed by atoms with Gasteiger partial charge in [0.2, 0.25) is 0 Å². The van der Waals surface area contributed by atoms with Crippen molar-refractivity contribution in [2.45, 2.75) is 38.9 Å². The Hall–Kier alpha value is -1.57. The maximum Gasteiger partial charge on any atom is 0.161 e. The van der Waals surface area contributed by atoms with Crippen LogP contribution in [0.3, 0.4) is 0 Å². The van der Waals surface area contributed by atoms with Gasteiger partial charge in [-0.05, 0) is 42.9 Å². The SMILES string of the molecule is CCC(C)(Pc1c(C)cccc1CNC)c1cccc(OC)c1O. The Morgan fingerprint density at radius 3 is 2.54 bits per heavy atom. The fourth-order valence-electron chi connectivity index (χ4n) is 3.00. The van der Waals surface area contributed by atoms with Crippen molar-refractivity contribution >= 4 is 13.9 Å². The molecule has 4 heteroatoms. The standard InChI is InChI=1S/C20H28NO2P/c1-6-20(3,16-11-8-12-17(23-5)18(16)22)24-19-14(2)9-7-10-15(19)13-21-4/h7-12,21-22,24H,6,13H2,1-5H3. The maximum atomic E-state index is 10.6. The largest absolute Gasteiger partial charge is 0.504 e. The molecule has 2 N–H and O–H groups in total. The number of ether oxygens (including phenoxy) is 1. The smallest absolute Gasteiger partial charge is 0.161 e. The lowest BCUT2D eigenvalue weighted by molar-refractivity contribution is 0.367. The van der Waals surface area contributed by atoms with Gasteiger partial charge in [-0.15, -0.1) is 0 Å². The van der Waals surface area contributed by atoms with E-state index >= 15 is 0 Å². The summed E-state index contributed by atoms with van der Waals surface area (Å²) in [5, 5.41) is 15.2. The molecule has 0 bridgehead atoms. The number of phenolic OH excluding ortho intramolecular Hbond substituents is 1. The van der Waals surface area contributed by atoms with E-state index in [2.05, 4.69) is 44.3 Å². The molecule has 2 atom stereocenters. The first-order valence-corrected chi connectivity index (χ1v) is 9.34. The number of aromatic hydroxyl groups is 1. The zero-order valence-corrected chi connectivity index (χ0v) is 16.2. The number of aryl methyl sites for hydroxylation is 1. The van der Waals surface area contributed by atoms with Crippen molar-refractivity contribution in [3.05, 3.63) is 53.1 Å². The van der Waals surface area contributed by atoms with Gasteiger partial charge in [-0.25, -0.2) is 0 Å². The van der Waals surface area contributed by atoms with E-state index in [1.807, 2.05) is 19.2 Å². The molecule has 2 aromatic rings. The number of benzene rings is 2. The van der Waals surface area contributed by atoms with Crippen LogP contribution in [0.5, 0.6) is 11.5 Å². The van der Waals surface area contributed by atoms with Gasteiger partial charge in [-0.3, -0.25) is 0 Å². The molecule has 0 saturated carbocycles. The molecule has 2 aromatic carbocycles. The van der Waals surface area contributed by atoms with Crippen LogP contribution in [0.2, 0.25) is 0 Å². The van der Waals surface area contributed by atoms with Crippen molar-refractivity contribution in [3.63, 3.8) is 0 Å². The molecule has 0 spiro atoms. The van der Waals surface area contributed by atoms with Gasteiger partial charge in [-0.1, -0.05) is 52.8 Å². The van der Waals surface area contributed by atoms with E-state index in [9.17, 15) is 5.11 Å². The highest BCUT2D eigenvalue weighted by molar-refractivity contribution is 7.48. The molecule has 0 aliphatic rings. The van der Waals surface area contributed by atoms with Gasteiger partial charge in [-0.2, -0.15) is 0 Å². The predicted molar refractivity (Wildman–Crippen MR) is 104 cm³/mol. The third kappa shape index (κ3) is 3.74. The molecular weight excluding hydrogens is 317 g/mol. The minimum Gasteiger partial charge on any atom is -0.504 e. The van der Waals surface area contributed by atoms with E-state index < -0.39 is 0 Å². The highest BCUT2D eigenvalue weighted by atomic mass is 31.1. The first kappa shape index (κ1) is 18.8. The Balaban J connectivity index is 2.49. The van der Waals surface area contributed by atoms with Crippen LogP contribution in [0.4, 0.5) is 0 Å². The van der Waals surface area contributed by atoms with Gasteiger partial charge in [0, 0.05) is 17.3 Å². The average Bonchev–Trinajstić information content (AvgIpc) is 2.58. The van der Waals surface area contributed by atoms with Crippen molar-refractivity contribution in [1.82, 2.24) is 5.32 Å². The molecule has 2 unspecified atom stereocenters. The van der Waals surface area contributed by atoms with Crippen molar-refractivity contribution in [2.75, 3.05) is 14.2 Å². The number of hydrogen-bond donors (Lipinski definition) is 2. The molecule has 0 heterocycles. The highest BCUT2D eigenvalue weighted by Gasteiger charge is 2.30. The van der Waals surface area contributed by atoms with Crippen molar-refractivity contribution in [2.24, 2.45) is 0 Å². The fraction of sp³-hybridized carbons (Fsp3) is 0.400. The summed E-state index contributed by atoms with van der Waals surface area (Å²) in [7, 11) is 4.14. The van der Waals surface area contributed by atoms with Crippen LogP contribution < -0.4 is 15.4 Å². The van der Waals surface area contributed by atoms with Crippen LogP contribution in [-0.2, 0) is 11.7 Å². The average molecular weight is 345 g/mol. The number of rotatable bonds is 7. The lowest BCUT2D eigenvalue weighted by Gasteiger charge is -2.32. The van der Waals surface area contributed by atoms with Crippen LogP contribution in [0.25, 0.3) is 0 Å². The number of nitrogens with one attached hydrogen (secondary N) is 1. The number of methoxy groups -OCH3 is 1. The molecule has 3 nitrogen and oxygen atoms in total. The Morgan fingerprint density at radius 1 is 1.21 bits per heavy atom. The molecule has 0 aliphatic heterocycles. The second kappa shape index (κ2) is 8.00. The quantitative estimate of drug-likeness (QED) is 0.744. The normalized spacial score (nSPS) is 14.0. The molecule has 130 valence electrons. The van der Waals surface area contributed by atoms with Crippen molar-refractivity contribution in [1.29, 1.82) is 0 Å². The molecule has 0 amide bonds. The lowest BCUT2D eigenvalue weighted by atomic mass is 9.96. The van der Waals surface area contributed by atoms with Crippen molar-refractivity contribution < 1.29 is 9.84 Å². The van der Waals surface area contributed by atoms with Gasteiger partial charge in [0.25, 0.3) is 0 Å². The minimum atomic E-state index is -0.132. The van der Waals surface area contributed by atoms with Gasteiger partial charge < -0.3 is 15.2 Å². The van der Waals surface area contributed by atoms with Crippen LogP contribution in [-0.4, -0.2) is 19.3 Å². The second-order valence-electron chi connectivity index (χ2n) is 6.31. The van der Waals surface area contributed by atoms with Gasteiger partial charge in [0.1, 0.15) is 0 Å². The summed E-state index contributed by atoms with van der Waals surface area (Å²) in [6, 6.07) is 12.2. The predicted octanol–water partition coefficient (Wildman–Crippen LogP) is 4.06. The lowest BCUT2D eigenvalue weighted by Crippen LogP contribution is -2.23. The van der Waals surface area contributed by atoms with E-state index in [0.717, 1.165) is 18.5 Å². The zero-order valence-electron chi connectivity index (χ0n) is 15.2. The van der Waals surface area contributed by atoms with E-state index in [1.54, 1.807) is 13.2 Å². The molecule has 0 fully saturated rings. The Labute approximate surface area is 147 Å². The highest BCUT2D eigenvalue weighted by Crippen LogP contribution is 2.49. The topological polar surface area (TPSA) is 41.5 Å². The second-order valence-corrected chi connectivity index (χ2v) is 8.16. The Bertz CT molecular complexity index is 702. The minimum absolute atomic E-state index is 0.132. The van der Waals surface area contributed by atoms with Crippen molar-refractivity contribution in [3.8, 4) is 11.5 Å². The van der Waals surface area contributed by atoms with Crippen LogP contribution in [0.15, 0.2) is 36.4 Å². The molecule has 0 aliphatic carbocycles. The Kier molecular flexibility index (Phi) is 6.26. The van der Waals surface area contributed by atoms with Gasteiger partial charge >= 0.3 is 0 Å². The molecule has 2 rings (SSSR count). The number of para-hydroxylation sites is 1. The van der Waals surface area contributed by atoms with E-state index in [0.29, 0.717) is 14.3 Å². The number of hydrogen-bond acceptors (Lipinski definition) is 3. The van der Waals surface area contributed by atoms with Gasteiger partial charge in [0.05, 0.1) is 7.11 Å². The fourth-order valence-corrected chi connectivity index (χ4v) is 4.68. The molecule has 0 radical (unpaired) electrons. The monoisotopic (exact) mass is 345 g/mol. The third-order valence-corrected chi connectivity index (χ3v) is 6.79. The molecule has 0 aromatic heterocycles. The summed E-state index contributed by atoms with van der Waals surface area (Å²) in [4.78, 5) is 0. The van der Waals surface area contributed by atoms with Crippen LogP contribution >= 0.6 is 8.58 Å². The van der Waals surface area contributed by atoms with E-state index in [-0.39, 0.29) is 10.9 Å².